The maximum absolute atomic E-state index is 5.70. The van der Waals surface area contributed by atoms with Crippen LogP contribution in [0.1, 0.15) is 30.4 Å². The second-order valence-corrected chi connectivity index (χ2v) is 5.55. The third kappa shape index (κ3) is 3.07. The van der Waals surface area contributed by atoms with Gasteiger partial charge in [0.2, 0.25) is 0 Å². The molecule has 2 aliphatic rings. The number of nitrogens with one attached hydrogen (secondary N) is 1. The van der Waals surface area contributed by atoms with E-state index in [1.54, 1.807) is 7.11 Å². The number of hydrogen-bond acceptors (Lipinski definition) is 4. The fourth-order valence-corrected chi connectivity index (χ4v) is 3.02. The van der Waals surface area contributed by atoms with Crippen LogP contribution in [0.5, 0.6) is 11.5 Å². The highest BCUT2D eigenvalue weighted by molar-refractivity contribution is 5.48. The molecule has 0 aliphatic carbocycles. The van der Waals surface area contributed by atoms with Crippen molar-refractivity contribution < 1.29 is 14.2 Å². The maximum atomic E-state index is 5.70. The van der Waals surface area contributed by atoms with Gasteiger partial charge < -0.3 is 19.5 Å². The van der Waals surface area contributed by atoms with Gasteiger partial charge in [0.05, 0.1) is 6.61 Å². The minimum absolute atomic E-state index is 0.571. The van der Waals surface area contributed by atoms with Crippen LogP contribution in [0.25, 0.3) is 0 Å². The standard InChI is InChI=1S/C16H23NO3/c1-18-11-13-10-16-15(19-6-7-20-16)9-12(13)8-14-4-2-3-5-17-14/h9-10,14,17H,2-8,11H2,1H3. The lowest BCUT2D eigenvalue weighted by Gasteiger charge is -2.26. The number of benzene rings is 1. The molecule has 1 unspecified atom stereocenters. The summed E-state index contributed by atoms with van der Waals surface area (Å²) in [5.41, 5.74) is 2.53. The molecule has 4 heteroatoms. The van der Waals surface area contributed by atoms with Crippen molar-refractivity contribution in [1.29, 1.82) is 0 Å². The van der Waals surface area contributed by atoms with E-state index in [9.17, 15) is 0 Å². The zero-order chi connectivity index (χ0) is 13.8. The summed E-state index contributed by atoms with van der Waals surface area (Å²) >= 11 is 0. The summed E-state index contributed by atoms with van der Waals surface area (Å²) < 4.78 is 16.7. The summed E-state index contributed by atoms with van der Waals surface area (Å²) in [6.07, 6.45) is 4.90. The van der Waals surface area contributed by atoms with Crippen LogP contribution in [0.3, 0.4) is 0 Å². The Balaban J connectivity index is 1.82. The molecule has 0 aromatic heterocycles. The monoisotopic (exact) mass is 277 g/mol. The molecule has 0 amide bonds. The maximum Gasteiger partial charge on any atom is 0.161 e. The van der Waals surface area contributed by atoms with Crippen molar-refractivity contribution in [3.63, 3.8) is 0 Å². The molecule has 1 aromatic carbocycles. The highest BCUT2D eigenvalue weighted by Crippen LogP contribution is 2.34. The van der Waals surface area contributed by atoms with Gasteiger partial charge in [0.25, 0.3) is 0 Å². The highest BCUT2D eigenvalue weighted by atomic mass is 16.6. The van der Waals surface area contributed by atoms with Crippen molar-refractivity contribution in [2.45, 2.75) is 38.3 Å². The normalized spacial score (nSPS) is 21.8. The summed E-state index contributed by atoms with van der Waals surface area (Å²) in [4.78, 5) is 0. The van der Waals surface area contributed by atoms with E-state index >= 15 is 0 Å². The quantitative estimate of drug-likeness (QED) is 0.916. The van der Waals surface area contributed by atoms with Crippen LogP contribution in [0.4, 0.5) is 0 Å². The Labute approximate surface area is 120 Å². The fourth-order valence-electron chi connectivity index (χ4n) is 3.02. The first-order chi connectivity index (χ1) is 9.86. The summed E-state index contributed by atoms with van der Waals surface area (Å²) in [5.74, 6) is 1.73. The number of rotatable bonds is 4. The summed E-state index contributed by atoms with van der Waals surface area (Å²) in [7, 11) is 1.74. The number of fused-ring (bicyclic) bond motifs is 1. The largest absolute Gasteiger partial charge is 0.486 e. The van der Waals surface area contributed by atoms with Gasteiger partial charge in [0, 0.05) is 13.2 Å². The van der Waals surface area contributed by atoms with Crippen molar-refractivity contribution in [3.8, 4) is 11.5 Å². The van der Waals surface area contributed by atoms with Crippen LogP contribution < -0.4 is 14.8 Å². The predicted octanol–water partition coefficient (Wildman–Crippen LogP) is 2.29. The number of hydrogen-bond donors (Lipinski definition) is 1. The third-order valence-electron chi connectivity index (χ3n) is 4.04. The van der Waals surface area contributed by atoms with E-state index in [1.165, 1.54) is 30.4 Å². The van der Waals surface area contributed by atoms with E-state index in [0.717, 1.165) is 24.5 Å². The van der Waals surface area contributed by atoms with Crippen LogP contribution in [0.15, 0.2) is 12.1 Å². The molecule has 3 rings (SSSR count). The molecule has 0 saturated carbocycles. The lowest BCUT2D eigenvalue weighted by Crippen LogP contribution is -2.35. The minimum atomic E-state index is 0.571. The van der Waals surface area contributed by atoms with Crippen molar-refractivity contribution in [2.75, 3.05) is 26.9 Å². The Bertz CT molecular complexity index is 455. The summed E-state index contributed by atoms with van der Waals surface area (Å²) in [6, 6.07) is 4.79. The molecule has 1 N–H and O–H groups in total. The molecule has 1 aromatic rings. The fraction of sp³-hybridized carbons (Fsp3) is 0.625. The molecule has 1 saturated heterocycles. The third-order valence-corrected chi connectivity index (χ3v) is 4.04. The second kappa shape index (κ2) is 6.46. The van der Waals surface area contributed by atoms with Crippen LogP contribution in [0.2, 0.25) is 0 Å². The van der Waals surface area contributed by atoms with Gasteiger partial charge in [0.15, 0.2) is 11.5 Å². The Morgan fingerprint density at radius 2 is 1.90 bits per heavy atom. The molecule has 2 aliphatic heterocycles. The predicted molar refractivity (Wildman–Crippen MR) is 77.5 cm³/mol. The average molecular weight is 277 g/mol. The molecule has 1 atom stereocenters. The zero-order valence-electron chi connectivity index (χ0n) is 12.1. The summed E-state index contributed by atoms with van der Waals surface area (Å²) in [5, 5.41) is 3.60. The highest BCUT2D eigenvalue weighted by Gasteiger charge is 2.19. The summed E-state index contributed by atoms with van der Waals surface area (Å²) in [6.45, 7) is 3.02. The van der Waals surface area contributed by atoms with E-state index in [1.807, 2.05) is 0 Å². The zero-order valence-corrected chi connectivity index (χ0v) is 12.1. The van der Waals surface area contributed by atoms with Gasteiger partial charge in [-0.3, -0.25) is 0 Å². The van der Waals surface area contributed by atoms with Gasteiger partial charge >= 0.3 is 0 Å². The Kier molecular flexibility index (Phi) is 4.43. The van der Waals surface area contributed by atoms with Crippen molar-refractivity contribution in [3.05, 3.63) is 23.3 Å². The minimum Gasteiger partial charge on any atom is -0.486 e. The number of ether oxygens (including phenoxy) is 3. The van der Waals surface area contributed by atoms with E-state index < -0.39 is 0 Å². The first kappa shape index (κ1) is 13.7. The molecule has 0 radical (unpaired) electrons. The SMILES string of the molecule is COCc1cc2c(cc1CC1CCCCN1)OCCO2. The molecule has 0 spiro atoms. The molecule has 4 nitrogen and oxygen atoms in total. The topological polar surface area (TPSA) is 39.7 Å². The lowest BCUT2D eigenvalue weighted by atomic mass is 9.94. The average Bonchev–Trinajstić information content (AvgIpc) is 2.49. The Hall–Kier alpha value is -1.26. The number of piperidine rings is 1. The van der Waals surface area contributed by atoms with Gasteiger partial charge in [-0.2, -0.15) is 0 Å². The van der Waals surface area contributed by atoms with Gasteiger partial charge in [-0.1, -0.05) is 6.42 Å². The van der Waals surface area contributed by atoms with Gasteiger partial charge in [-0.25, -0.2) is 0 Å². The molecule has 1 fully saturated rings. The van der Waals surface area contributed by atoms with Crippen molar-refractivity contribution >= 4 is 0 Å². The van der Waals surface area contributed by atoms with Crippen LogP contribution >= 0.6 is 0 Å². The van der Waals surface area contributed by atoms with Crippen molar-refractivity contribution in [1.82, 2.24) is 5.32 Å². The van der Waals surface area contributed by atoms with Gasteiger partial charge in [-0.05, 0) is 49.1 Å². The molecular formula is C16H23NO3. The molecular weight excluding hydrogens is 254 g/mol. The number of methoxy groups -OCH3 is 1. The lowest BCUT2D eigenvalue weighted by molar-refractivity contribution is 0.166. The van der Waals surface area contributed by atoms with Gasteiger partial charge in [0.1, 0.15) is 13.2 Å². The molecule has 20 heavy (non-hydrogen) atoms. The molecule has 2 heterocycles. The van der Waals surface area contributed by atoms with E-state index in [2.05, 4.69) is 17.4 Å². The van der Waals surface area contributed by atoms with E-state index in [-0.39, 0.29) is 0 Å². The van der Waals surface area contributed by atoms with E-state index in [0.29, 0.717) is 25.9 Å². The Morgan fingerprint density at radius 1 is 1.15 bits per heavy atom. The first-order valence-corrected chi connectivity index (χ1v) is 7.50. The van der Waals surface area contributed by atoms with Gasteiger partial charge in [-0.15, -0.1) is 0 Å². The van der Waals surface area contributed by atoms with Crippen molar-refractivity contribution in [2.24, 2.45) is 0 Å². The van der Waals surface area contributed by atoms with Crippen LogP contribution in [0, 0.1) is 0 Å². The van der Waals surface area contributed by atoms with Crippen LogP contribution in [-0.4, -0.2) is 32.9 Å². The smallest absolute Gasteiger partial charge is 0.161 e. The second-order valence-electron chi connectivity index (χ2n) is 5.55. The Morgan fingerprint density at radius 3 is 2.55 bits per heavy atom. The molecule has 110 valence electrons. The first-order valence-electron chi connectivity index (χ1n) is 7.50. The van der Waals surface area contributed by atoms with Crippen LogP contribution in [-0.2, 0) is 17.8 Å². The van der Waals surface area contributed by atoms with E-state index in [4.69, 9.17) is 14.2 Å². The molecule has 0 bridgehead atoms.